The van der Waals surface area contributed by atoms with E-state index in [1.54, 1.807) is 4.90 Å². The Morgan fingerprint density at radius 2 is 1.68 bits per heavy atom. The molecule has 216 valence electrons. The molecule has 0 bridgehead atoms. The summed E-state index contributed by atoms with van der Waals surface area (Å²) in [7, 11) is 2.18. The van der Waals surface area contributed by atoms with E-state index in [2.05, 4.69) is 57.5 Å². The number of pyridine rings is 1. The van der Waals surface area contributed by atoms with Gasteiger partial charge in [-0.15, -0.1) is 0 Å². The van der Waals surface area contributed by atoms with E-state index < -0.39 is 17.2 Å². The number of nitrogens with one attached hydrogen (secondary N) is 2. The van der Waals surface area contributed by atoms with Gasteiger partial charge in [0.25, 0.3) is 0 Å². The van der Waals surface area contributed by atoms with Crippen LogP contribution in [0.25, 0.3) is 0 Å². The van der Waals surface area contributed by atoms with E-state index in [1.165, 1.54) is 36.1 Å². The number of likely N-dealkylation sites (N-methyl/N-ethyl adjacent to an activating group) is 1. The second-order valence-electron chi connectivity index (χ2n) is 11.3. The van der Waals surface area contributed by atoms with Crippen LogP contribution in [0.1, 0.15) is 33.3 Å². The minimum Gasteiger partial charge on any atom is -0.396 e. The van der Waals surface area contributed by atoms with Crippen molar-refractivity contribution in [1.29, 1.82) is 5.41 Å². The van der Waals surface area contributed by atoms with Gasteiger partial charge in [-0.05, 0) is 26.1 Å². The highest BCUT2D eigenvalue weighted by molar-refractivity contribution is 6.39. The van der Waals surface area contributed by atoms with Gasteiger partial charge in [0.1, 0.15) is 0 Å². The van der Waals surface area contributed by atoms with Crippen molar-refractivity contribution in [2.75, 3.05) is 68.8 Å². The highest BCUT2D eigenvalue weighted by atomic mass is 16.2. The second kappa shape index (κ2) is 13.4. The van der Waals surface area contributed by atoms with Gasteiger partial charge in [-0.25, -0.2) is 0 Å². The molecule has 0 spiro atoms. The van der Waals surface area contributed by atoms with Crippen LogP contribution >= 0.6 is 0 Å². The summed E-state index contributed by atoms with van der Waals surface area (Å²) >= 11 is 0. The van der Waals surface area contributed by atoms with Crippen molar-refractivity contribution in [2.45, 2.75) is 33.7 Å². The average Bonchev–Trinajstić information content (AvgIpc) is 2.94. The molecule has 0 saturated carbocycles. The van der Waals surface area contributed by atoms with Crippen molar-refractivity contribution >= 4 is 41.0 Å². The van der Waals surface area contributed by atoms with Gasteiger partial charge >= 0.3 is 11.8 Å². The molecule has 1 atom stereocenters. The second-order valence-corrected chi connectivity index (χ2v) is 11.3. The van der Waals surface area contributed by atoms with E-state index in [9.17, 15) is 14.4 Å². The Hall–Kier alpha value is -3.99. The number of carbonyl (C=O) groups is 3. The first-order valence-corrected chi connectivity index (χ1v) is 13.6. The number of anilines is 3. The number of hydrogen-bond acceptors (Lipinski definition) is 8. The van der Waals surface area contributed by atoms with Gasteiger partial charge in [0.05, 0.1) is 17.6 Å². The summed E-state index contributed by atoms with van der Waals surface area (Å²) < 4.78 is 0. The lowest BCUT2D eigenvalue weighted by Crippen LogP contribution is -2.58. The van der Waals surface area contributed by atoms with Gasteiger partial charge in [-0.3, -0.25) is 19.4 Å². The molecule has 1 aromatic carbocycles. The van der Waals surface area contributed by atoms with Crippen molar-refractivity contribution < 1.29 is 14.4 Å². The number of amides is 3. The zero-order valence-electron chi connectivity index (χ0n) is 24.2. The number of piperazine rings is 2. The maximum atomic E-state index is 12.5. The van der Waals surface area contributed by atoms with Gasteiger partial charge < -0.3 is 36.1 Å². The van der Waals surface area contributed by atoms with Gasteiger partial charge in [0, 0.05) is 80.9 Å². The summed E-state index contributed by atoms with van der Waals surface area (Å²) in [5, 5.41) is 9.72. The molecule has 3 heterocycles. The van der Waals surface area contributed by atoms with E-state index >= 15 is 0 Å². The Kier molecular flexibility index (Phi) is 10.2. The number of nitrogens with zero attached hydrogens (tertiary/aromatic N) is 5. The smallest absolute Gasteiger partial charge is 0.314 e. The highest BCUT2D eigenvalue weighted by Gasteiger charge is 2.36. The Bertz CT molecular complexity index is 1190. The third-order valence-electron chi connectivity index (χ3n) is 7.06. The number of carbonyl (C=O) groups excluding carboxylic acids is 3. The minimum atomic E-state index is -0.826. The van der Waals surface area contributed by atoms with Gasteiger partial charge in [0.2, 0.25) is 5.91 Å². The van der Waals surface area contributed by atoms with Crippen molar-refractivity contribution in [1.82, 2.24) is 19.7 Å². The molecule has 4 rings (SSSR count). The molecular formula is C29H42N8O3. The lowest BCUT2D eigenvalue weighted by atomic mass is 9.93. The SMILES string of the molecule is CC1CN(C(=O)C(=O)Nc2cncc(C=N)c2N)CCN1C(=O)C(C)(C)C.CN1CCN(c2ccccc2)CC1. The van der Waals surface area contributed by atoms with E-state index in [-0.39, 0.29) is 36.4 Å². The van der Waals surface area contributed by atoms with E-state index in [0.717, 1.165) is 19.3 Å². The summed E-state index contributed by atoms with van der Waals surface area (Å²) in [6, 6.07) is 10.5. The molecule has 11 nitrogen and oxygen atoms in total. The molecule has 1 unspecified atom stereocenters. The minimum absolute atomic E-state index is 0.0221. The van der Waals surface area contributed by atoms with E-state index in [0.29, 0.717) is 12.1 Å². The summed E-state index contributed by atoms with van der Waals surface area (Å²) in [4.78, 5) is 49.2. The molecule has 0 radical (unpaired) electrons. The monoisotopic (exact) mass is 550 g/mol. The molecule has 0 aliphatic carbocycles. The van der Waals surface area contributed by atoms with E-state index in [4.69, 9.17) is 11.1 Å². The molecule has 2 fully saturated rings. The lowest BCUT2D eigenvalue weighted by Gasteiger charge is -2.42. The van der Waals surface area contributed by atoms with Crippen molar-refractivity contribution in [3.05, 3.63) is 48.3 Å². The Morgan fingerprint density at radius 3 is 2.25 bits per heavy atom. The maximum Gasteiger partial charge on any atom is 0.314 e. The first kappa shape index (κ1) is 30.6. The van der Waals surface area contributed by atoms with Crippen LogP contribution < -0.4 is 16.0 Å². The first-order chi connectivity index (χ1) is 18.9. The number of benzene rings is 1. The third kappa shape index (κ3) is 7.78. The number of para-hydroxylation sites is 1. The zero-order valence-corrected chi connectivity index (χ0v) is 24.2. The Balaban J connectivity index is 0.000000281. The van der Waals surface area contributed by atoms with Crippen LogP contribution in [0.15, 0.2) is 42.7 Å². The molecule has 2 aliphatic rings. The summed E-state index contributed by atoms with van der Waals surface area (Å²) in [5.74, 6) is -1.49. The Morgan fingerprint density at radius 1 is 1.02 bits per heavy atom. The molecule has 2 saturated heterocycles. The van der Waals surface area contributed by atoms with Crippen LogP contribution in [-0.4, -0.2) is 103 Å². The summed E-state index contributed by atoms with van der Waals surface area (Å²) in [6.07, 6.45) is 3.75. The predicted octanol–water partition coefficient (Wildman–Crippen LogP) is 2.14. The number of aromatic nitrogens is 1. The molecule has 3 amide bonds. The summed E-state index contributed by atoms with van der Waals surface area (Å²) in [6.45, 7) is 13.0. The molecule has 11 heteroatoms. The van der Waals surface area contributed by atoms with Crippen LogP contribution in [0.5, 0.6) is 0 Å². The summed E-state index contributed by atoms with van der Waals surface area (Å²) in [5.41, 5.74) is 7.43. The Labute approximate surface area is 236 Å². The normalized spacial score (nSPS) is 17.9. The fourth-order valence-electron chi connectivity index (χ4n) is 4.60. The fraction of sp³-hybridized carbons (Fsp3) is 0.483. The van der Waals surface area contributed by atoms with Crippen LogP contribution in [-0.2, 0) is 14.4 Å². The molecule has 1 aromatic heterocycles. The quantitative estimate of drug-likeness (QED) is 0.393. The number of hydrogen-bond donors (Lipinski definition) is 3. The largest absolute Gasteiger partial charge is 0.396 e. The topological polar surface area (TPSA) is 139 Å². The van der Waals surface area contributed by atoms with Gasteiger partial charge in [-0.2, -0.15) is 0 Å². The number of nitrogen functional groups attached to an aromatic ring is 1. The lowest BCUT2D eigenvalue weighted by molar-refractivity contribution is -0.150. The first-order valence-electron chi connectivity index (χ1n) is 13.6. The molecule has 2 aromatic rings. The molecular weight excluding hydrogens is 508 g/mol. The third-order valence-corrected chi connectivity index (χ3v) is 7.06. The van der Waals surface area contributed by atoms with E-state index in [1.807, 2.05) is 27.7 Å². The average molecular weight is 551 g/mol. The van der Waals surface area contributed by atoms with Crippen molar-refractivity contribution in [3.63, 3.8) is 0 Å². The maximum absolute atomic E-state index is 12.5. The molecule has 4 N–H and O–H groups in total. The molecule has 2 aliphatic heterocycles. The number of nitrogens with two attached hydrogens (primary N) is 1. The van der Waals surface area contributed by atoms with Gasteiger partial charge in [0.15, 0.2) is 0 Å². The standard InChI is InChI=1S/C18H26N6O3.C11H16N2/c1-11-10-23(5-6-24(11)17(27)18(2,3)4)16(26)15(25)22-13-9-21-8-12(7-19)14(13)20;1-12-7-9-13(10-8-12)11-5-3-2-4-6-11/h7-9,11,19H,5-6,10H2,1-4H3,(H2,20,21)(H,22,25);2-6H,7-10H2,1H3. The van der Waals surface area contributed by atoms with Crippen molar-refractivity contribution in [3.8, 4) is 0 Å². The van der Waals surface area contributed by atoms with Crippen LogP contribution in [0, 0.1) is 10.8 Å². The van der Waals surface area contributed by atoms with Crippen LogP contribution in [0.3, 0.4) is 0 Å². The molecule has 40 heavy (non-hydrogen) atoms. The van der Waals surface area contributed by atoms with Crippen molar-refractivity contribution in [2.24, 2.45) is 5.41 Å². The van der Waals surface area contributed by atoms with Crippen LogP contribution in [0.4, 0.5) is 17.1 Å². The number of rotatable bonds is 3. The van der Waals surface area contributed by atoms with Crippen LogP contribution in [0.2, 0.25) is 0 Å². The fourth-order valence-corrected chi connectivity index (χ4v) is 4.60. The zero-order chi connectivity index (χ0) is 29.4. The highest BCUT2D eigenvalue weighted by Crippen LogP contribution is 2.23. The van der Waals surface area contributed by atoms with Gasteiger partial charge in [-0.1, -0.05) is 39.0 Å². The predicted molar refractivity (Wildman–Crippen MR) is 159 cm³/mol.